The Balaban J connectivity index is 1.39. The minimum Gasteiger partial charge on any atom is -0.372 e. The van der Waals surface area contributed by atoms with Gasteiger partial charge in [-0.3, -0.25) is 4.79 Å². The van der Waals surface area contributed by atoms with Gasteiger partial charge in [0.25, 0.3) is 0 Å². The number of fused-ring (bicyclic) bond motifs is 2. The quantitative estimate of drug-likeness (QED) is 0.443. The summed E-state index contributed by atoms with van der Waals surface area (Å²) in [6.45, 7) is 0. The van der Waals surface area contributed by atoms with Crippen molar-refractivity contribution < 1.29 is 4.79 Å². The summed E-state index contributed by atoms with van der Waals surface area (Å²) in [6, 6.07) is 4.14. The number of anilines is 2. The van der Waals surface area contributed by atoms with Gasteiger partial charge in [0.05, 0.1) is 11.1 Å². The highest BCUT2D eigenvalue weighted by atomic mass is 16.2. The third-order valence-corrected chi connectivity index (χ3v) is 6.15. The molecule has 0 aromatic carbocycles. The van der Waals surface area contributed by atoms with E-state index in [1.807, 2.05) is 45.7 Å². The first kappa shape index (κ1) is 20.2. The summed E-state index contributed by atoms with van der Waals surface area (Å²) < 4.78 is 1.75. The van der Waals surface area contributed by atoms with Crippen LogP contribution >= 0.6 is 0 Å². The maximum Gasteiger partial charge on any atom is 0.226 e. The van der Waals surface area contributed by atoms with Gasteiger partial charge >= 0.3 is 0 Å². The second-order valence-corrected chi connectivity index (χ2v) is 8.45. The second kappa shape index (κ2) is 8.10. The third kappa shape index (κ3) is 3.61. The van der Waals surface area contributed by atoms with Gasteiger partial charge in [-0.05, 0) is 37.8 Å². The molecular weight excluding hydrogens is 406 g/mol. The molecule has 5 rings (SSSR count). The predicted octanol–water partition coefficient (Wildman–Crippen LogP) is 2.77. The number of hydrogen-bond acceptors (Lipinski definition) is 7. The van der Waals surface area contributed by atoms with E-state index in [1.165, 1.54) is 0 Å². The maximum atomic E-state index is 12.2. The van der Waals surface area contributed by atoms with Gasteiger partial charge in [0.15, 0.2) is 5.65 Å². The fourth-order valence-corrected chi connectivity index (χ4v) is 4.47. The van der Waals surface area contributed by atoms with Crippen LogP contribution in [0.1, 0.15) is 25.7 Å². The Kier molecular flexibility index (Phi) is 5.12. The van der Waals surface area contributed by atoms with Crippen LogP contribution < -0.4 is 10.6 Å². The van der Waals surface area contributed by atoms with E-state index in [1.54, 1.807) is 15.6 Å². The van der Waals surface area contributed by atoms with Crippen molar-refractivity contribution in [3.8, 4) is 11.3 Å². The largest absolute Gasteiger partial charge is 0.372 e. The Morgan fingerprint density at radius 2 is 2.00 bits per heavy atom. The Bertz CT molecular complexity index is 1270. The van der Waals surface area contributed by atoms with E-state index in [4.69, 9.17) is 9.97 Å². The average Bonchev–Trinajstić information content (AvgIpc) is 3.45. The minimum absolute atomic E-state index is 0.116. The van der Waals surface area contributed by atoms with Crippen LogP contribution in [0.25, 0.3) is 27.9 Å². The number of amides is 1. The van der Waals surface area contributed by atoms with Crippen molar-refractivity contribution in [2.75, 3.05) is 31.8 Å². The van der Waals surface area contributed by atoms with Crippen molar-refractivity contribution >= 4 is 34.4 Å². The van der Waals surface area contributed by atoms with Crippen LogP contribution in [-0.4, -0.2) is 67.5 Å². The molecule has 1 fully saturated rings. The topological polar surface area (TPSA) is 116 Å². The van der Waals surface area contributed by atoms with E-state index in [2.05, 4.69) is 25.7 Å². The number of nitrogens with one attached hydrogen (secondary N) is 3. The van der Waals surface area contributed by atoms with E-state index >= 15 is 0 Å². The zero-order valence-corrected chi connectivity index (χ0v) is 18.5. The summed E-state index contributed by atoms with van der Waals surface area (Å²) in [5, 5.41) is 12.2. The van der Waals surface area contributed by atoms with Crippen molar-refractivity contribution in [2.24, 2.45) is 5.92 Å². The lowest BCUT2D eigenvalue weighted by Crippen LogP contribution is -2.35. The van der Waals surface area contributed by atoms with Gasteiger partial charge in [0.1, 0.15) is 11.5 Å². The number of carbonyl (C=O) groups excluding carboxylic acids is 1. The normalized spacial score (nSPS) is 18.7. The molecule has 1 amide bonds. The number of rotatable bonds is 5. The molecule has 0 spiro atoms. The first-order chi connectivity index (χ1) is 15.5. The lowest BCUT2D eigenvalue weighted by Gasteiger charge is -2.29. The zero-order valence-electron chi connectivity index (χ0n) is 18.5. The molecule has 1 aliphatic carbocycles. The van der Waals surface area contributed by atoms with Crippen molar-refractivity contribution in [3.63, 3.8) is 0 Å². The average molecular weight is 434 g/mol. The van der Waals surface area contributed by atoms with Crippen LogP contribution in [0.5, 0.6) is 0 Å². The molecular formula is C22H27N9O. The molecule has 0 radical (unpaired) electrons. The number of hydrogen-bond donors (Lipinski definition) is 3. The first-order valence-electron chi connectivity index (χ1n) is 10.9. The van der Waals surface area contributed by atoms with Crippen molar-refractivity contribution in [2.45, 2.75) is 31.7 Å². The standard InChI is InChI=1S/C22H27N9O/c1-23-19-18-15(16-8-9-17-24-10-11-31(17)29-16)12-25-20(18)28-22(27-19)26-14-6-4-13(5-7-14)21(32)30(2)3/h8-14H,4-7H2,1-3H3,(H3,23,25,26,27,28). The summed E-state index contributed by atoms with van der Waals surface area (Å²) in [4.78, 5) is 30.9. The molecule has 10 nitrogen and oxygen atoms in total. The van der Waals surface area contributed by atoms with Gasteiger partial charge in [0, 0.05) is 57.3 Å². The Labute approximate surface area is 185 Å². The van der Waals surface area contributed by atoms with Gasteiger partial charge in [-0.1, -0.05) is 0 Å². The van der Waals surface area contributed by atoms with Gasteiger partial charge in [-0.2, -0.15) is 15.1 Å². The van der Waals surface area contributed by atoms with Crippen LogP contribution in [0.15, 0.2) is 30.7 Å². The molecule has 1 saturated carbocycles. The summed E-state index contributed by atoms with van der Waals surface area (Å²) >= 11 is 0. The van der Waals surface area contributed by atoms with E-state index in [0.717, 1.165) is 59.4 Å². The van der Waals surface area contributed by atoms with Crippen LogP contribution in [-0.2, 0) is 4.79 Å². The van der Waals surface area contributed by atoms with Crippen LogP contribution in [0.3, 0.4) is 0 Å². The lowest BCUT2D eigenvalue weighted by molar-refractivity contribution is -0.133. The molecule has 10 heteroatoms. The Hall–Kier alpha value is -3.69. The highest BCUT2D eigenvalue weighted by Gasteiger charge is 2.28. The minimum atomic E-state index is 0.116. The molecule has 4 aromatic rings. The molecule has 0 atom stereocenters. The summed E-state index contributed by atoms with van der Waals surface area (Å²) in [6.07, 6.45) is 9.07. The molecule has 4 aromatic heterocycles. The molecule has 32 heavy (non-hydrogen) atoms. The first-order valence-corrected chi connectivity index (χ1v) is 10.9. The maximum absolute atomic E-state index is 12.2. The number of H-pyrrole nitrogens is 1. The highest BCUT2D eigenvalue weighted by molar-refractivity contribution is 6.00. The predicted molar refractivity (Wildman–Crippen MR) is 123 cm³/mol. The van der Waals surface area contributed by atoms with E-state index in [-0.39, 0.29) is 17.9 Å². The molecule has 0 bridgehead atoms. The number of nitrogens with zero attached hydrogens (tertiary/aromatic N) is 6. The third-order valence-electron chi connectivity index (χ3n) is 6.15. The molecule has 0 saturated heterocycles. The fourth-order valence-electron chi connectivity index (χ4n) is 4.47. The molecule has 166 valence electrons. The molecule has 1 aliphatic rings. The number of aromatic nitrogens is 6. The van der Waals surface area contributed by atoms with Crippen molar-refractivity contribution in [3.05, 3.63) is 30.7 Å². The van der Waals surface area contributed by atoms with Gasteiger partial charge in [-0.25, -0.2) is 9.50 Å². The fraction of sp³-hybridized carbons (Fsp3) is 0.409. The van der Waals surface area contributed by atoms with Gasteiger partial charge in [-0.15, -0.1) is 0 Å². The number of imidazole rings is 1. The summed E-state index contributed by atoms with van der Waals surface area (Å²) in [5.41, 5.74) is 3.28. The van der Waals surface area contributed by atoms with Crippen molar-refractivity contribution in [1.82, 2.24) is 34.4 Å². The zero-order chi connectivity index (χ0) is 22.2. The highest BCUT2D eigenvalue weighted by Crippen LogP contribution is 2.33. The van der Waals surface area contributed by atoms with Gasteiger partial charge < -0.3 is 20.5 Å². The van der Waals surface area contributed by atoms with E-state index in [9.17, 15) is 4.79 Å². The van der Waals surface area contributed by atoms with Crippen molar-refractivity contribution in [1.29, 1.82) is 0 Å². The van der Waals surface area contributed by atoms with Crippen LogP contribution in [0.4, 0.5) is 11.8 Å². The second-order valence-electron chi connectivity index (χ2n) is 8.45. The molecule has 3 N–H and O–H groups in total. The van der Waals surface area contributed by atoms with Crippen LogP contribution in [0.2, 0.25) is 0 Å². The Morgan fingerprint density at radius 3 is 2.75 bits per heavy atom. The molecule has 0 aliphatic heterocycles. The van der Waals surface area contributed by atoms with E-state index in [0.29, 0.717) is 5.95 Å². The number of carbonyl (C=O) groups is 1. The van der Waals surface area contributed by atoms with Crippen LogP contribution in [0, 0.1) is 5.92 Å². The lowest BCUT2D eigenvalue weighted by atomic mass is 9.85. The molecule has 4 heterocycles. The smallest absolute Gasteiger partial charge is 0.226 e. The Morgan fingerprint density at radius 1 is 1.19 bits per heavy atom. The summed E-state index contributed by atoms with van der Waals surface area (Å²) in [7, 11) is 5.50. The summed E-state index contributed by atoms with van der Waals surface area (Å²) in [5.74, 6) is 1.65. The monoisotopic (exact) mass is 433 g/mol. The van der Waals surface area contributed by atoms with Gasteiger partial charge in [0.2, 0.25) is 11.9 Å². The van der Waals surface area contributed by atoms with E-state index < -0.39 is 0 Å². The number of aromatic amines is 1. The SMILES string of the molecule is CNc1nc(NC2CCC(C(=O)N(C)C)CC2)nc2[nH]cc(-c3ccc4nccn4n3)c12. The molecule has 0 unspecified atom stereocenters.